The minimum absolute atomic E-state index is 0.562. The third kappa shape index (κ3) is 3.20. The molecule has 1 saturated heterocycles. The number of halogens is 1. The summed E-state index contributed by atoms with van der Waals surface area (Å²) in [5.41, 5.74) is 0.481. The lowest BCUT2D eigenvalue weighted by Gasteiger charge is -2.33. The smallest absolute Gasteiger partial charge is 0.0843 e. The second-order valence-corrected chi connectivity index (χ2v) is 5.25. The fraction of sp³-hybridized carbons (Fsp3) is 0.500. The van der Waals surface area contributed by atoms with Crippen molar-refractivity contribution in [1.82, 2.24) is 5.32 Å². The second-order valence-electron chi connectivity index (χ2n) is 4.34. The number of piperidine rings is 1. The van der Waals surface area contributed by atoms with Gasteiger partial charge in [-0.2, -0.15) is 0 Å². The summed E-state index contributed by atoms with van der Waals surface area (Å²) in [5.74, 6) is 0. The van der Waals surface area contributed by atoms with E-state index in [0.29, 0.717) is 6.54 Å². The zero-order valence-corrected chi connectivity index (χ0v) is 10.8. The van der Waals surface area contributed by atoms with E-state index in [1.165, 1.54) is 0 Å². The largest absolute Gasteiger partial charge is 0.388 e. The van der Waals surface area contributed by atoms with E-state index in [9.17, 15) is 5.11 Å². The van der Waals surface area contributed by atoms with Gasteiger partial charge in [0.05, 0.1) is 5.60 Å². The summed E-state index contributed by atoms with van der Waals surface area (Å²) < 4.78 is 1.05. The van der Waals surface area contributed by atoms with Crippen molar-refractivity contribution >= 4 is 21.6 Å². The van der Waals surface area contributed by atoms with E-state index in [4.69, 9.17) is 0 Å². The summed E-state index contributed by atoms with van der Waals surface area (Å²) in [6.07, 6.45) is 1.63. The number of anilines is 1. The number of hydrogen-bond donors (Lipinski definition) is 3. The van der Waals surface area contributed by atoms with Crippen LogP contribution in [0.4, 0.5) is 5.69 Å². The molecular formula is C12H17BrN2O. The van der Waals surface area contributed by atoms with E-state index >= 15 is 0 Å². The Morgan fingerprint density at radius 1 is 1.38 bits per heavy atom. The molecule has 0 radical (unpaired) electrons. The zero-order valence-electron chi connectivity index (χ0n) is 9.17. The molecule has 0 spiro atoms. The highest BCUT2D eigenvalue weighted by Gasteiger charge is 2.28. The lowest BCUT2D eigenvalue weighted by molar-refractivity contribution is 0.0232. The molecule has 1 aromatic rings. The number of nitrogens with one attached hydrogen (secondary N) is 2. The molecule has 16 heavy (non-hydrogen) atoms. The Labute approximate surface area is 104 Å². The molecule has 3 nitrogen and oxygen atoms in total. The lowest BCUT2D eigenvalue weighted by atomic mass is 9.92. The van der Waals surface area contributed by atoms with Crippen molar-refractivity contribution in [3.05, 3.63) is 28.7 Å². The Balaban J connectivity index is 1.91. The molecule has 0 unspecified atom stereocenters. The molecule has 0 amide bonds. The zero-order chi connectivity index (χ0) is 11.4. The van der Waals surface area contributed by atoms with E-state index in [-0.39, 0.29) is 0 Å². The average molecular weight is 285 g/mol. The summed E-state index contributed by atoms with van der Waals surface area (Å²) in [7, 11) is 0. The van der Waals surface area contributed by atoms with Crippen molar-refractivity contribution in [2.24, 2.45) is 0 Å². The van der Waals surface area contributed by atoms with E-state index in [0.717, 1.165) is 36.1 Å². The molecule has 4 heteroatoms. The third-order valence-electron chi connectivity index (χ3n) is 2.98. The van der Waals surface area contributed by atoms with Gasteiger partial charge in [-0.15, -0.1) is 0 Å². The van der Waals surface area contributed by atoms with Crippen LogP contribution in [-0.4, -0.2) is 30.3 Å². The predicted molar refractivity (Wildman–Crippen MR) is 69.7 cm³/mol. The first kappa shape index (κ1) is 11.9. The first-order valence-electron chi connectivity index (χ1n) is 5.61. The Morgan fingerprint density at radius 3 is 2.81 bits per heavy atom. The van der Waals surface area contributed by atoms with Crippen molar-refractivity contribution in [3.8, 4) is 0 Å². The van der Waals surface area contributed by atoms with Gasteiger partial charge in [0.2, 0.25) is 0 Å². The van der Waals surface area contributed by atoms with E-state index in [1.54, 1.807) is 0 Å². The highest BCUT2D eigenvalue weighted by molar-refractivity contribution is 9.10. The van der Waals surface area contributed by atoms with Gasteiger partial charge >= 0.3 is 0 Å². The lowest BCUT2D eigenvalue weighted by Crippen LogP contribution is -2.46. The topological polar surface area (TPSA) is 44.3 Å². The van der Waals surface area contributed by atoms with Crippen molar-refractivity contribution in [2.45, 2.75) is 18.4 Å². The molecule has 2 rings (SSSR count). The fourth-order valence-electron chi connectivity index (χ4n) is 1.93. The van der Waals surface area contributed by atoms with Crippen LogP contribution in [0.3, 0.4) is 0 Å². The van der Waals surface area contributed by atoms with Crippen LogP contribution >= 0.6 is 15.9 Å². The summed E-state index contributed by atoms with van der Waals surface area (Å²) in [5, 5.41) is 16.8. The molecule has 1 aromatic carbocycles. The number of aliphatic hydroxyl groups is 1. The standard InChI is InChI=1S/C12H17BrN2O/c13-10-2-1-3-11(8-10)15-9-12(16)4-6-14-7-5-12/h1-3,8,14-16H,4-7,9H2. The third-order valence-corrected chi connectivity index (χ3v) is 3.47. The molecule has 0 atom stereocenters. The van der Waals surface area contributed by atoms with Crippen molar-refractivity contribution in [2.75, 3.05) is 25.0 Å². The van der Waals surface area contributed by atoms with E-state index < -0.39 is 5.60 Å². The predicted octanol–water partition coefficient (Wildman–Crippen LogP) is 1.98. The van der Waals surface area contributed by atoms with Gasteiger partial charge < -0.3 is 15.7 Å². The van der Waals surface area contributed by atoms with Crippen LogP contribution in [-0.2, 0) is 0 Å². The molecule has 0 saturated carbocycles. The van der Waals surface area contributed by atoms with Crippen LogP contribution in [0.1, 0.15) is 12.8 Å². The van der Waals surface area contributed by atoms with Gasteiger partial charge in [0.1, 0.15) is 0 Å². The molecule has 1 fully saturated rings. The first-order valence-corrected chi connectivity index (χ1v) is 6.40. The Hall–Kier alpha value is -0.580. The van der Waals surface area contributed by atoms with Gasteiger partial charge in [-0.05, 0) is 44.1 Å². The summed E-state index contributed by atoms with van der Waals surface area (Å²) >= 11 is 3.43. The number of hydrogen-bond acceptors (Lipinski definition) is 3. The van der Waals surface area contributed by atoms with E-state index in [1.807, 2.05) is 24.3 Å². The van der Waals surface area contributed by atoms with Crippen LogP contribution in [0, 0.1) is 0 Å². The maximum Gasteiger partial charge on any atom is 0.0843 e. The van der Waals surface area contributed by atoms with Crippen molar-refractivity contribution in [3.63, 3.8) is 0 Å². The molecule has 0 aliphatic carbocycles. The highest BCUT2D eigenvalue weighted by Crippen LogP contribution is 2.20. The van der Waals surface area contributed by atoms with Gasteiger partial charge in [0.15, 0.2) is 0 Å². The molecule has 0 bridgehead atoms. The van der Waals surface area contributed by atoms with Crippen molar-refractivity contribution < 1.29 is 5.11 Å². The molecule has 1 heterocycles. The van der Waals surface area contributed by atoms with Crippen LogP contribution in [0.25, 0.3) is 0 Å². The SMILES string of the molecule is OC1(CNc2cccc(Br)c2)CCNCC1. The van der Waals surface area contributed by atoms with Crippen LogP contribution in [0.15, 0.2) is 28.7 Å². The maximum absolute atomic E-state index is 10.3. The number of rotatable bonds is 3. The minimum Gasteiger partial charge on any atom is -0.388 e. The minimum atomic E-state index is -0.562. The summed E-state index contributed by atoms with van der Waals surface area (Å²) in [4.78, 5) is 0. The van der Waals surface area contributed by atoms with Crippen molar-refractivity contribution in [1.29, 1.82) is 0 Å². The molecule has 0 aromatic heterocycles. The van der Waals surface area contributed by atoms with Gasteiger partial charge in [0, 0.05) is 16.7 Å². The summed E-state index contributed by atoms with van der Waals surface area (Å²) in [6.45, 7) is 2.42. The molecule has 3 N–H and O–H groups in total. The Bertz CT molecular complexity index is 351. The monoisotopic (exact) mass is 284 g/mol. The molecule has 1 aliphatic rings. The molecular weight excluding hydrogens is 268 g/mol. The Morgan fingerprint density at radius 2 is 2.12 bits per heavy atom. The van der Waals surface area contributed by atoms with Crippen LogP contribution in [0.2, 0.25) is 0 Å². The average Bonchev–Trinajstić information content (AvgIpc) is 2.28. The highest BCUT2D eigenvalue weighted by atomic mass is 79.9. The molecule has 88 valence electrons. The fourth-order valence-corrected chi connectivity index (χ4v) is 2.33. The normalized spacial score (nSPS) is 19.4. The van der Waals surface area contributed by atoms with E-state index in [2.05, 4.69) is 26.6 Å². The second kappa shape index (κ2) is 5.17. The first-order chi connectivity index (χ1) is 7.68. The van der Waals surface area contributed by atoms with Gasteiger partial charge in [-0.1, -0.05) is 22.0 Å². The maximum atomic E-state index is 10.3. The Kier molecular flexibility index (Phi) is 3.84. The summed E-state index contributed by atoms with van der Waals surface area (Å²) in [6, 6.07) is 8.00. The van der Waals surface area contributed by atoms with Crippen LogP contribution < -0.4 is 10.6 Å². The van der Waals surface area contributed by atoms with Gasteiger partial charge in [-0.25, -0.2) is 0 Å². The number of benzene rings is 1. The molecule has 1 aliphatic heterocycles. The van der Waals surface area contributed by atoms with Crippen LogP contribution in [0.5, 0.6) is 0 Å². The van der Waals surface area contributed by atoms with Gasteiger partial charge in [0.25, 0.3) is 0 Å². The van der Waals surface area contributed by atoms with Gasteiger partial charge in [-0.3, -0.25) is 0 Å². The quantitative estimate of drug-likeness (QED) is 0.795.